The molecule has 4 nitrogen and oxygen atoms in total. The van der Waals surface area contributed by atoms with Crippen LogP contribution in [0, 0.1) is 0 Å². The molecule has 0 amide bonds. The second-order valence-corrected chi connectivity index (χ2v) is 5.33. The van der Waals surface area contributed by atoms with E-state index in [0.29, 0.717) is 12.5 Å². The van der Waals surface area contributed by atoms with Crippen molar-refractivity contribution >= 4 is 5.95 Å². The summed E-state index contributed by atoms with van der Waals surface area (Å²) in [7, 11) is 0. The lowest BCUT2D eigenvalue weighted by atomic mass is 10.1. The zero-order chi connectivity index (χ0) is 15.1. The molecule has 21 heavy (non-hydrogen) atoms. The van der Waals surface area contributed by atoms with E-state index in [-0.39, 0.29) is 6.10 Å². The molecule has 1 aromatic heterocycles. The van der Waals surface area contributed by atoms with Gasteiger partial charge in [-0.2, -0.15) is 0 Å². The first-order valence-corrected chi connectivity index (χ1v) is 7.47. The van der Waals surface area contributed by atoms with Crippen LogP contribution in [-0.4, -0.2) is 16.1 Å². The molecule has 0 atom stereocenters. The number of ether oxygens (including phenoxy) is 1. The van der Waals surface area contributed by atoms with Crippen molar-refractivity contribution in [2.75, 3.05) is 5.32 Å². The number of nitrogens with zero attached hydrogens (tertiary/aromatic N) is 2. The Morgan fingerprint density at radius 1 is 1.10 bits per heavy atom. The van der Waals surface area contributed by atoms with Crippen molar-refractivity contribution in [1.82, 2.24) is 9.97 Å². The normalized spacial score (nSPS) is 10.7. The first-order chi connectivity index (χ1) is 10.2. The average molecular weight is 285 g/mol. The molecule has 0 bridgehead atoms. The molecular formula is C17H23N3O. The minimum absolute atomic E-state index is 0.181. The third-order valence-electron chi connectivity index (χ3n) is 2.95. The van der Waals surface area contributed by atoms with E-state index in [9.17, 15) is 0 Å². The maximum atomic E-state index is 5.83. The Morgan fingerprint density at radius 2 is 1.81 bits per heavy atom. The maximum absolute atomic E-state index is 5.83. The summed E-state index contributed by atoms with van der Waals surface area (Å²) in [5, 5.41) is 3.23. The Bertz CT molecular complexity index is 555. The molecule has 1 heterocycles. The number of aromatic nitrogens is 2. The van der Waals surface area contributed by atoms with Gasteiger partial charge in [-0.15, -0.1) is 0 Å². The summed E-state index contributed by atoms with van der Waals surface area (Å²) in [6.45, 7) is 6.96. The molecule has 0 saturated heterocycles. The van der Waals surface area contributed by atoms with E-state index in [2.05, 4.69) is 40.4 Å². The van der Waals surface area contributed by atoms with Gasteiger partial charge >= 0.3 is 0 Å². The zero-order valence-electron chi connectivity index (χ0n) is 13.0. The number of rotatable bonds is 7. The monoisotopic (exact) mass is 285 g/mol. The van der Waals surface area contributed by atoms with Gasteiger partial charge in [0.2, 0.25) is 5.95 Å². The Labute approximate surface area is 126 Å². The van der Waals surface area contributed by atoms with Crippen molar-refractivity contribution in [3.05, 3.63) is 47.8 Å². The molecule has 0 radical (unpaired) electrons. The van der Waals surface area contributed by atoms with Gasteiger partial charge in [0.1, 0.15) is 5.75 Å². The zero-order valence-corrected chi connectivity index (χ0v) is 13.0. The third-order valence-corrected chi connectivity index (χ3v) is 2.95. The largest absolute Gasteiger partial charge is 0.491 e. The summed E-state index contributed by atoms with van der Waals surface area (Å²) >= 11 is 0. The molecule has 0 aliphatic heterocycles. The fraction of sp³-hybridized carbons (Fsp3) is 0.412. The highest BCUT2D eigenvalue weighted by molar-refractivity contribution is 5.37. The summed E-state index contributed by atoms with van der Waals surface area (Å²) in [5.74, 6) is 1.58. The van der Waals surface area contributed by atoms with E-state index >= 15 is 0 Å². The molecule has 0 aliphatic carbocycles. The standard InChI is InChI=1S/C17H23N3O/c1-4-6-14-9-15(11-16(10-14)21-13(2)3)12-20-17-18-7-5-8-19-17/h5,7-11,13H,4,6,12H2,1-3H3,(H,18,19,20). The van der Waals surface area contributed by atoms with Gasteiger partial charge in [-0.25, -0.2) is 9.97 Å². The van der Waals surface area contributed by atoms with Crippen LogP contribution < -0.4 is 10.1 Å². The van der Waals surface area contributed by atoms with E-state index in [1.54, 1.807) is 12.4 Å². The van der Waals surface area contributed by atoms with Crippen LogP contribution in [0.1, 0.15) is 38.3 Å². The molecule has 0 aliphatic rings. The van der Waals surface area contributed by atoms with Gasteiger partial charge in [-0.05, 0) is 49.6 Å². The fourth-order valence-corrected chi connectivity index (χ4v) is 2.18. The summed E-state index contributed by atoms with van der Waals surface area (Å²) in [6.07, 6.45) is 5.83. The highest BCUT2D eigenvalue weighted by atomic mass is 16.5. The number of hydrogen-bond acceptors (Lipinski definition) is 4. The van der Waals surface area contributed by atoms with Gasteiger partial charge in [0.15, 0.2) is 0 Å². The number of nitrogens with one attached hydrogen (secondary N) is 1. The molecule has 0 unspecified atom stereocenters. The van der Waals surface area contributed by atoms with Crippen molar-refractivity contribution in [2.45, 2.75) is 46.3 Å². The van der Waals surface area contributed by atoms with E-state index in [4.69, 9.17) is 4.74 Å². The Kier molecular flexibility index (Phi) is 5.55. The maximum Gasteiger partial charge on any atom is 0.222 e. The van der Waals surface area contributed by atoms with Crippen molar-refractivity contribution in [3.63, 3.8) is 0 Å². The number of aryl methyl sites for hydroxylation is 1. The topological polar surface area (TPSA) is 47.0 Å². The van der Waals surface area contributed by atoms with Crippen molar-refractivity contribution in [2.24, 2.45) is 0 Å². The Balaban J connectivity index is 2.11. The number of anilines is 1. The van der Waals surface area contributed by atoms with Crippen LogP contribution in [0.15, 0.2) is 36.7 Å². The van der Waals surface area contributed by atoms with Gasteiger partial charge in [-0.3, -0.25) is 0 Å². The van der Waals surface area contributed by atoms with Gasteiger partial charge in [0, 0.05) is 18.9 Å². The van der Waals surface area contributed by atoms with E-state index < -0.39 is 0 Å². The minimum atomic E-state index is 0.181. The van der Waals surface area contributed by atoms with Gasteiger partial charge in [-0.1, -0.05) is 19.4 Å². The second-order valence-electron chi connectivity index (χ2n) is 5.33. The molecule has 4 heteroatoms. The van der Waals surface area contributed by atoms with E-state index in [1.165, 1.54) is 11.1 Å². The second kappa shape index (κ2) is 7.62. The van der Waals surface area contributed by atoms with Crippen LogP contribution in [0.5, 0.6) is 5.75 Å². The number of hydrogen-bond donors (Lipinski definition) is 1. The summed E-state index contributed by atoms with van der Waals surface area (Å²) in [4.78, 5) is 8.34. The summed E-state index contributed by atoms with van der Waals surface area (Å²) < 4.78 is 5.83. The molecule has 2 aromatic rings. The van der Waals surface area contributed by atoms with Gasteiger partial charge in [0.05, 0.1) is 6.10 Å². The Hall–Kier alpha value is -2.10. The van der Waals surface area contributed by atoms with E-state index in [0.717, 1.165) is 18.6 Å². The number of benzene rings is 1. The van der Waals surface area contributed by atoms with Gasteiger partial charge in [0.25, 0.3) is 0 Å². The first-order valence-electron chi connectivity index (χ1n) is 7.47. The lowest BCUT2D eigenvalue weighted by molar-refractivity contribution is 0.242. The van der Waals surface area contributed by atoms with Crippen molar-refractivity contribution in [3.8, 4) is 5.75 Å². The van der Waals surface area contributed by atoms with E-state index in [1.807, 2.05) is 19.9 Å². The van der Waals surface area contributed by atoms with Crippen molar-refractivity contribution < 1.29 is 4.74 Å². The highest BCUT2D eigenvalue weighted by Gasteiger charge is 2.04. The molecular weight excluding hydrogens is 262 g/mol. The smallest absolute Gasteiger partial charge is 0.222 e. The average Bonchev–Trinajstić information content (AvgIpc) is 2.46. The lowest BCUT2D eigenvalue weighted by Gasteiger charge is -2.14. The molecule has 0 spiro atoms. The molecule has 2 rings (SSSR count). The lowest BCUT2D eigenvalue weighted by Crippen LogP contribution is -2.08. The van der Waals surface area contributed by atoms with Crippen LogP contribution in [0.25, 0.3) is 0 Å². The predicted molar refractivity (Wildman–Crippen MR) is 85.6 cm³/mol. The SMILES string of the molecule is CCCc1cc(CNc2ncccn2)cc(OC(C)C)c1. The Morgan fingerprint density at radius 3 is 2.48 bits per heavy atom. The molecule has 1 aromatic carbocycles. The third kappa shape index (κ3) is 5.06. The van der Waals surface area contributed by atoms with Gasteiger partial charge < -0.3 is 10.1 Å². The van der Waals surface area contributed by atoms with Crippen molar-refractivity contribution in [1.29, 1.82) is 0 Å². The summed E-state index contributed by atoms with van der Waals surface area (Å²) in [6, 6.07) is 8.23. The molecule has 0 fully saturated rings. The van der Waals surface area contributed by atoms with Crippen LogP contribution in [0.3, 0.4) is 0 Å². The minimum Gasteiger partial charge on any atom is -0.491 e. The van der Waals surface area contributed by atoms with Crippen LogP contribution in [0.4, 0.5) is 5.95 Å². The molecule has 112 valence electrons. The van der Waals surface area contributed by atoms with Crippen LogP contribution in [-0.2, 0) is 13.0 Å². The molecule has 1 N–H and O–H groups in total. The van der Waals surface area contributed by atoms with Crippen LogP contribution in [0.2, 0.25) is 0 Å². The quantitative estimate of drug-likeness (QED) is 0.840. The molecule has 0 saturated carbocycles. The highest BCUT2D eigenvalue weighted by Crippen LogP contribution is 2.20. The first kappa shape index (κ1) is 15.3. The van der Waals surface area contributed by atoms with Crippen LogP contribution >= 0.6 is 0 Å². The summed E-state index contributed by atoms with van der Waals surface area (Å²) in [5.41, 5.74) is 2.49. The fourth-order valence-electron chi connectivity index (χ4n) is 2.18. The predicted octanol–water partition coefficient (Wildman–Crippen LogP) is 3.83.